The maximum Gasteiger partial charge on any atom is 0.0623 e. The Morgan fingerprint density at radius 3 is 2.29 bits per heavy atom. The monoisotopic (exact) mass is 199 g/mol. The second-order valence-corrected chi connectivity index (χ2v) is 5.38. The molecule has 2 heteroatoms. The van der Waals surface area contributed by atoms with Crippen molar-refractivity contribution in [2.75, 3.05) is 13.7 Å². The van der Waals surface area contributed by atoms with E-state index in [-0.39, 0.29) is 5.60 Å². The Labute approximate surface area is 88.2 Å². The van der Waals surface area contributed by atoms with Gasteiger partial charge in [0.15, 0.2) is 0 Å². The average molecular weight is 199 g/mol. The van der Waals surface area contributed by atoms with E-state index < -0.39 is 0 Å². The number of rotatable bonds is 5. The first-order chi connectivity index (χ1) is 6.54. The van der Waals surface area contributed by atoms with Crippen molar-refractivity contribution < 1.29 is 4.74 Å². The molecular formula is C12H25NO. The normalized spacial score (nSPS) is 21.4. The van der Waals surface area contributed by atoms with E-state index in [0.29, 0.717) is 5.41 Å². The molecule has 0 radical (unpaired) electrons. The van der Waals surface area contributed by atoms with E-state index >= 15 is 0 Å². The lowest BCUT2D eigenvalue weighted by Crippen LogP contribution is -2.31. The first-order valence-corrected chi connectivity index (χ1v) is 5.79. The lowest BCUT2D eigenvalue weighted by atomic mass is 9.79. The van der Waals surface area contributed by atoms with Gasteiger partial charge in [0.1, 0.15) is 0 Å². The van der Waals surface area contributed by atoms with Crippen molar-refractivity contribution in [3.05, 3.63) is 0 Å². The summed E-state index contributed by atoms with van der Waals surface area (Å²) in [7, 11) is 1.80. The standard InChI is InChI=1S/C12H25NO/c1-11(2,14-3)8-9-12(10-13)6-4-5-7-12/h4-10,13H2,1-3H3. The minimum absolute atomic E-state index is 0.0186. The lowest BCUT2D eigenvalue weighted by molar-refractivity contribution is 0.00434. The van der Waals surface area contributed by atoms with Gasteiger partial charge in [-0.25, -0.2) is 0 Å². The molecular weight excluding hydrogens is 174 g/mol. The molecule has 2 N–H and O–H groups in total. The molecule has 0 heterocycles. The zero-order valence-corrected chi connectivity index (χ0v) is 9.94. The Kier molecular flexibility index (Phi) is 3.96. The van der Waals surface area contributed by atoms with Gasteiger partial charge in [0.2, 0.25) is 0 Å². The topological polar surface area (TPSA) is 35.2 Å². The summed E-state index contributed by atoms with van der Waals surface area (Å²) in [4.78, 5) is 0. The smallest absolute Gasteiger partial charge is 0.0623 e. The molecule has 0 aromatic carbocycles. The van der Waals surface area contributed by atoms with Crippen molar-refractivity contribution in [1.29, 1.82) is 0 Å². The minimum atomic E-state index is 0.0186. The summed E-state index contributed by atoms with van der Waals surface area (Å²) in [6.07, 6.45) is 7.73. The maximum absolute atomic E-state index is 5.90. The molecule has 1 saturated carbocycles. The summed E-state index contributed by atoms with van der Waals surface area (Å²) < 4.78 is 5.45. The molecule has 84 valence electrons. The van der Waals surface area contributed by atoms with E-state index in [1.165, 1.54) is 32.1 Å². The predicted octanol–water partition coefficient (Wildman–Crippen LogP) is 2.71. The molecule has 0 aliphatic heterocycles. The average Bonchev–Trinajstić information content (AvgIpc) is 2.65. The van der Waals surface area contributed by atoms with Gasteiger partial charge in [-0.1, -0.05) is 12.8 Å². The van der Waals surface area contributed by atoms with Gasteiger partial charge >= 0.3 is 0 Å². The zero-order valence-electron chi connectivity index (χ0n) is 9.94. The largest absolute Gasteiger partial charge is 0.379 e. The van der Waals surface area contributed by atoms with Gasteiger partial charge in [-0.15, -0.1) is 0 Å². The van der Waals surface area contributed by atoms with Crippen LogP contribution in [0.3, 0.4) is 0 Å². The molecule has 0 aromatic rings. The van der Waals surface area contributed by atoms with Gasteiger partial charge in [0.25, 0.3) is 0 Å². The molecule has 0 bridgehead atoms. The van der Waals surface area contributed by atoms with Crippen molar-refractivity contribution in [2.24, 2.45) is 11.1 Å². The molecule has 1 rings (SSSR count). The van der Waals surface area contributed by atoms with Crippen LogP contribution >= 0.6 is 0 Å². The molecule has 0 unspecified atom stereocenters. The number of methoxy groups -OCH3 is 1. The Bertz CT molecular complexity index is 171. The molecule has 0 aromatic heterocycles. The van der Waals surface area contributed by atoms with E-state index in [1.54, 1.807) is 7.11 Å². The molecule has 1 fully saturated rings. The highest BCUT2D eigenvalue weighted by atomic mass is 16.5. The third-order valence-electron chi connectivity index (χ3n) is 3.91. The van der Waals surface area contributed by atoms with Crippen LogP contribution in [0.5, 0.6) is 0 Å². The molecule has 0 atom stereocenters. The van der Waals surface area contributed by atoms with Gasteiger partial charge in [-0.2, -0.15) is 0 Å². The van der Waals surface area contributed by atoms with Gasteiger partial charge in [-0.3, -0.25) is 0 Å². The molecule has 0 spiro atoms. The number of hydrogen-bond donors (Lipinski definition) is 1. The van der Waals surface area contributed by atoms with Crippen LogP contribution in [0.25, 0.3) is 0 Å². The first-order valence-electron chi connectivity index (χ1n) is 5.79. The highest BCUT2D eigenvalue weighted by molar-refractivity contribution is 4.87. The third-order valence-corrected chi connectivity index (χ3v) is 3.91. The Morgan fingerprint density at radius 2 is 1.86 bits per heavy atom. The van der Waals surface area contributed by atoms with Crippen molar-refractivity contribution in [3.63, 3.8) is 0 Å². The predicted molar refractivity (Wildman–Crippen MR) is 60.3 cm³/mol. The van der Waals surface area contributed by atoms with Crippen LogP contribution in [-0.4, -0.2) is 19.3 Å². The van der Waals surface area contributed by atoms with Crippen LogP contribution in [0.15, 0.2) is 0 Å². The number of ether oxygens (including phenoxy) is 1. The third kappa shape index (κ3) is 2.96. The van der Waals surface area contributed by atoms with E-state index in [0.717, 1.165) is 13.0 Å². The van der Waals surface area contributed by atoms with Gasteiger partial charge in [-0.05, 0) is 51.5 Å². The summed E-state index contributed by atoms with van der Waals surface area (Å²) >= 11 is 0. The van der Waals surface area contributed by atoms with Crippen molar-refractivity contribution in [1.82, 2.24) is 0 Å². The summed E-state index contributed by atoms with van der Waals surface area (Å²) in [6.45, 7) is 5.17. The summed E-state index contributed by atoms with van der Waals surface area (Å²) in [5.41, 5.74) is 6.36. The Hall–Kier alpha value is -0.0800. The summed E-state index contributed by atoms with van der Waals surface area (Å²) in [5.74, 6) is 0. The van der Waals surface area contributed by atoms with Crippen LogP contribution in [-0.2, 0) is 4.74 Å². The van der Waals surface area contributed by atoms with E-state index in [9.17, 15) is 0 Å². The second kappa shape index (κ2) is 4.63. The van der Waals surface area contributed by atoms with E-state index in [2.05, 4.69) is 13.8 Å². The molecule has 1 aliphatic carbocycles. The Morgan fingerprint density at radius 1 is 1.29 bits per heavy atom. The fourth-order valence-electron chi connectivity index (χ4n) is 2.35. The number of hydrogen-bond acceptors (Lipinski definition) is 2. The molecule has 1 aliphatic rings. The van der Waals surface area contributed by atoms with Crippen LogP contribution in [0.2, 0.25) is 0 Å². The zero-order chi connectivity index (χ0) is 10.7. The number of nitrogens with two attached hydrogens (primary N) is 1. The van der Waals surface area contributed by atoms with Crippen molar-refractivity contribution in [2.45, 2.75) is 58.0 Å². The summed E-state index contributed by atoms with van der Waals surface area (Å²) in [6, 6.07) is 0. The van der Waals surface area contributed by atoms with Crippen LogP contribution in [0.1, 0.15) is 52.4 Å². The second-order valence-electron chi connectivity index (χ2n) is 5.38. The van der Waals surface area contributed by atoms with Crippen molar-refractivity contribution >= 4 is 0 Å². The highest BCUT2D eigenvalue weighted by Crippen LogP contribution is 2.42. The van der Waals surface area contributed by atoms with Crippen LogP contribution < -0.4 is 5.73 Å². The maximum atomic E-state index is 5.90. The first kappa shape index (κ1) is 12.0. The molecule has 14 heavy (non-hydrogen) atoms. The SMILES string of the molecule is COC(C)(C)CCC1(CN)CCCC1. The Balaban J connectivity index is 2.41. The minimum Gasteiger partial charge on any atom is -0.379 e. The van der Waals surface area contributed by atoms with Crippen molar-refractivity contribution in [3.8, 4) is 0 Å². The molecule has 0 amide bonds. The van der Waals surface area contributed by atoms with Crippen LogP contribution in [0, 0.1) is 5.41 Å². The van der Waals surface area contributed by atoms with Gasteiger partial charge in [0, 0.05) is 7.11 Å². The lowest BCUT2D eigenvalue weighted by Gasteiger charge is -2.32. The highest BCUT2D eigenvalue weighted by Gasteiger charge is 2.33. The van der Waals surface area contributed by atoms with E-state index in [4.69, 9.17) is 10.5 Å². The van der Waals surface area contributed by atoms with Crippen LogP contribution in [0.4, 0.5) is 0 Å². The quantitative estimate of drug-likeness (QED) is 0.739. The molecule has 0 saturated heterocycles. The van der Waals surface area contributed by atoms with E-state index in [1.807, 2.05) is 0 Å². The van der Waals surface area contributed by atoms with Gasteiger partial charge < -0.3 is 10.5 Å². The fourth-order valence-corrected chi connectivity index (χ4v) is 2.35. The summed E-state index contributed by atoms with van der Waals surface area (Å²) in [5, 5.41) is 0. The fraction of sp³-hybridized carbons (Fsp3) is 1.00. The molecule has 2 nitrogen and oxygen atoms in total. The van der Waals surface area contributed by atoms with Gasteiger partial charge in [0.05, 0.1) is 5.60 Å².